The van der Waals surface area contributed by atoms with Crippen LogP contribution in [0.15, 0.2) is 12.1 Å². The van der Waals surface area contributed by atoms with Gasteiger partial charge in [-0.25, -0.2) is 4.79 Å². The third-order valence-corrected chi connectivity index (χ3v) is 1.51. The molecule has 0 aliphatic carbocycles. The summed E-state index contributed by atoms with van der Waals surface area (Å²) in [5.74, 6) is -1.55. The van der Waals surface area contributed by atoms with Crippen molar-refractivity contribution in [3.8, 4) is 5.75 Å². The van der Waals surface area contributed by atoms with Gasteiger partial charge in [0.15, 0.2) is 5.75 Å². The summed E-state index contributed by atoms with van der Waals surface area (Å²) >= 11 is 0. The number of benzene rings is 1. The van der Waals surface area contributed by atoms with E-state index in [1.165, 1.54) is 12.1 Å². The van der Waals surface area contributed by atoms with Gasteiger partial charge in [0.2, 0.25) is 0 Å². The van der Waals surface area contributed by atoms with Gasteiger partial charge in [0.05, 0.1) is 5.69 Å². The van der Waals surface area contributed by atoms with Crippen molar-refractivity contribution in [3.63, 3.8) is 0 Å². The van der Waals surface area contributed by atoms with Crippen LogP contribution in [0.3, 0.4) is 0 Å². The summed E-state index contributed by atoms with van der Waals surface area (Å²) in [5.41, 5.74) is 5.99. The number of aryl methyl sites for hydroxylation is 1. The van der Waals surface area contributed by atoms with E-state index in [-0.39, 0.29) is 76.1 Å². The molecule has 0 saturated carbocycles. The van der Waals surface area contributed by atoms with Crippen molar-refractivity contribution in [2.45, 2.75) is 6.92 Å². The van der Waals surface area contributed by atoms with E-state index in [0.717, 1.165) is 0 Å². The summed E-state index contributed by atoms with van der Waals surface area (Å²) in [6.45, 7) is 1.71. The average molecular weight is 215 g/mol. The summed E-state index contributed by atoms with van der Waals surface area (Å²) in [7, 11) is 0. The molecule has 1 aromatic rings. The van der Waals surface area contributed by atoms with E-state index in [9.17, 15) is 9.90 Å². The fraction of sp³-hybridized carbons (Fsp3) is 0.125. The third kappa shape index (κ3) is 3.81. The minimum atomic E-state index is -1.18. The monoisotopic (exact) mass is 215 g/mol. The number of hydrogen-bond acceptors (Lipinski definition) is 3. The molecule has 0 heterocycles. The van der Waals surface area contributed by atoms with Gasteiger partial charge in [0, 0.05) is 0 Å². The Morgan fingerprint density at radius 2 is 1.86 bits per heavy atom. The quantitative estimate of drug-likeness (QED) is 0.340. The number of rotatable bonds is 1. The molecule has 0 radical (unpaired) electrons. The first-order chi connectivity index (χ1) is 5.52. The van der Waals surface area contributed by atoms with Gasteiger partial charge in [-0.1, -0.05) is 0 Å². The Kier molecular flexibility index (Phi) is 8.01. The van der Waals surface area contributed by atoms with Crippen LogP contribution >= 0.6 is 0 Å². The second-order valence-corrected chi connectivity index (χ2v) is 2.56. The zero-order valence-electron chi connectivity index (χ0n) is 6.53. The van der Waals surface area contributed by atoms with E-state index in [4.69, 9.17) is 10.8 Å². The first-order valence-corrected chi connectivity index (χ1v) is 3.34. The molecule has 0 bridgehead atoms. The molecular weight excluding hydrogens is 204 g/mol. The number of phenols is 1. The van der Waals surface area contributed by atoms with Crippen LogP contribution in [-0.4, -0.2) is 75.3 Å². The maximum absolute atomic E-state index is 10.5. The van der Waals surface area contributed by atoms with Crippen molar-refractivity contribution < 1.29 is 15.0 Å². The first kappa shape index (κ1) is 16.7. The molecule has 68 valence electrons. The van der Waals surface area contributed by atoms with Gasteiger partial charge in [-0.2, -0.15) is 0 Å². The van der Waals surface area contributed by atoms with Gasteiger partial charge in [-0.05, 0) is 24.6 Å². The molecule has 0 amide bonds. The average Bonchev–Trinajstić information content (AvgIpc) is 1.96. The van der Waals surface area contributed by atoms with E-state index in [1.807, 2.05) is 0 Å². The minimum absolute atomic E-state index is 0. The number of carboxylic acid groups (broad SMARTS) is 1. The molecule has 1 aromatic carbocycles. The zero-order valence-corrected chi connectivity index (χ0v) is 6.53. The normalized spacial score (nSPS) is 8.36. The summed E-state index contributed by atoms with van der Waals surface area (Å²) < 4.78 is 0. The summed E-state index contributed by atoms with van der Waals surface area (Å²) in [6.07, 6.45) is 0. The van der Waals surface area contributed by atoms with Crippen LogP contribution in [0.1, 0.15) is 15.9 Å². The zero-order chi connectivity index (χ0) is 9.30. The number of aromatic hydroxyl groups is 1. The number of carbonyl (C=O) groups is 1. The van der Waals surface area contributed by atoms with Crippen LogP contribution in [0.25, 0.3) is 0 Å². The van der Waals surface area contributed by atoms with Crippen molar-refractivity contribution in [2.24, 2.45) is 0 Å². The molecule has 4 N–H and O–H groups in total. The molecule has 0 spiro atoms. The molecule has 0 unspecified atom stereocenters. The fourth-order valence-electron chi connectivity index (χ4n) is 0.970. The van der Waals surface area contributed by atoms with Crippen molar-refractivity contribution >= 4 is 70.8 Å². The molecule has 0 aliphatic heterocycles. The molecule has 0 fully saturated rings. The van der Waals surface area contributed by atoms with E-state index < -0.39 is 5.97 Å². The van der Waals surface area contributed by atoms with Gasteiger partial charge in [0.25, 0.3) is 0 Å². The molecule has 0 aliphatic rings. The Bertz CT molecular complexity index is 342. The van der Waals surface area contributed by atoms with Crippen LogP contribution in [-0.2, 0) is 0 Å². The van der Waals surface area contributed by atoms with Gasteiger partial charge >= 0.3 is 65.1 Å². The fourth-order valence-corrected chi connectivity index (χ4v) is 0.970. The Balaban J connectivity index is 0. The van der Waals surface area contributed by atoms with Crippen molar-refractivity contribution in [3.05, 3.63) is 23.3 Å². The van der Waals surface area contributed by atoms with Crippen molar-refractivity contribution in [1.29, 1.82) is 0 Å². The maximum atomic E-state index is 10.5. The van der Waals surface area contributed by atoms with Gasteiger partial charge < -0.3 is 15.9 Å². The Hall–Kier alpha value is 0.290. The van der Waals surface area contributed by atoms with E-state index in [0.29, 0.717) is 5.56 Å². The van der Waals surface area contributed by atoms with Crippen molar-refractivity contribution in [1.82, 2.24) is 0 Å². The number of carboxylic acids is 1. The third-order valence-electron chi connectivity index (χ3n) is 1.51. The summed E-state index contributed by atoms with van der Waals surface area (Å²) in [6, 6.07) is 2.88. The van der Waals surface area contributed by atoms with Gasteiger partial charge in [0.1, 0.15) is 5.56 Å². The number of aromatic carboxylic acids is 1. The Morgan fingerprint density at radius 1 is 1.36 bits per heavy atom. The summed E-state index contributed by atoms with van der Waals surface area (Å²) in [4.78, 5) is 10.5. The van der Waals surface area contributed by atoms with E-state index >= 15 is 0 Å². The van der Waals surface area contributed by atoms with Crippen LogP contribution in [0.4, 0.5) is 5.69 Å². The molecule has 0 saturated heterocycles. The first-order valence-electron chi connectivity index (χ1n) is 3.34. The molecule has 6 heteroatoms. The van der Waals surface area contributed by atoms with E-state index in [2.05, 4.69) is 0 Å². The van der Waals surface area contributed by atoms with Crippen LogP contribution < -0.4 is 5.73 Å². The SMILES string of the molecule is Cc1cc(N)c(O)c(C(=O)O)c1.[NaH].[NaH]. The molecule has 14 heavy (non-hydrogen) atoms. The topological polar surface area (TPSA) is 83.5 Å². The van der Waals surface area contributed by atoms with Crippen LogP contribution in [0.5, 0.6) is 5.75 Å². The van der Waals surface area contributed by atoms with Crippen LogP contribution in [0.2, 0.25) is 0 Å². The predicted octanol–water partition coefficient (Wildman–Crippen LogP) is -0.316. The Morgan fingerprint density at radius 3 is 2.29 bits per heavy atom. The molecule has 4 nitrogen and oxygen atoms in total. The van der Waals surface area contributed by atoms with Crippen LogP contribution in [0, 0.1) is 6.92 Å². The second kappa shape index (κ2) is 6.71. The number of anilines is 1. The van der Waals surface area contributed by atoms with E-state index in [1.54, 1.807) is 6.92 Å². The number of nitrogens with two attached hydrogens (primary N) is 1. The van der Waals surface area contributed by atoms with Gasteiger partial charge in [-0.15, -0.1) is 0 Å². The Labute approximate surface area is 126 Å². The number of nitrogen functional groups attached to an aromatic ring is 1. The van der Waals surface area contributed by atoms with Gasteiger partial charge in [-0.3, -0.25) is 0 Å². The number of hydrogen-bond donors (Lipinski definition) is 3. The second-order valence-electron chi connectivity index (χ2n) is 2.56. The molecule has 0 aromatic heterocycles. The molecular formula is C8H11NNa2O3. The predicted molar refractivity (Wildman–Crippen MR) is 58.5 cm³/mol. The molecule has 0 atom stereocenters. The summed E-state index contributed by atoms with van der Waals surface area (Å²) in [5, 5.41) is 17.8. The molecule has 1 rings (SSSR count). The van der Waals surface area contributed by atoms with Crippen molar-refractivity contribution in [2.75, 3.05) is 5.73 Å². The standard InChI is InChI=1S/C8H9NO3.2Na.2H/c1-4-2-5(8(11)12)7(10)6(9)3-4;;;;/h2-3,10H,9H2,1H3,(H,11,12);;;;.